The number of hydrogen-bond acceptors (Lipinski definition) is 2. The van der Waals surface area contributed by atoms with Gasteiger partial charge in [-0.3, -0.25) is 0 Å². The van der Waals surface area contributed by atoms with Crippen molar-refractivity contribution in [1.82, 2.24) is 19.1 Å². The second-order valence-electron chi connectivity index (χ2n) is 15.8. The third-order valence-corrected chi connectivity index (χ3v) is 12.2. The molecule has 0 fully saturated rings. The zero-order chi connectivity index (χ0) is 41.0. The Balaban J connectivity index is 0.947. The molecular formula is C58H38N4. The summed E-state index contributed by atoms with van der Waals surface area (Å²) in [6, 6.07) is 82.1. The van der Waals surface area contributed by atoms with Crippen LogP contribution >= 0.6 is 0 Å². The summed E-state index contributed by atoms with van der Waals surface area (Å²) in [4.78, 5) is 10.3. The van der Waals surface area contributed by atoms with Gasteiger partial charge in [-0.1, -0.05) is 176 Å². The van der Waals surface area contributed by atoms with E-state index in [0.717, 1.165) is 50.5 Å². The number of fused-ring (bicyclic) bond motifs is 6. The number of para-hydroxylation sites is 3. The normalized spacial score (nSPS) is 11.5. The predicted molar refractivity (Wildman–Crippen MR) is 258 cm³/mol. The van der Waals surface area contributed by atoms with Gasteiger partial charge in [-0.25, -0.2) is 9.97 Å². The fourth-order valence-electron chi connectivity index (χ4n) is 9.12. The summed E-state index contributed by atoms with van der Waals surface area (Å²) in [5.74, 6) is 0.697. The Kier molecular flexibility index (Phi) is 8.46. The minimum absolute atomic E-state index is 0.697. The summed E-state index contributed by atoms with van der Waals surface area (Å²) in [6.07, 6.45) is 0. The predicted octanol–water partition coefficient (Wildman–Crippen LogP) is 15.0. The van der Waals surface area contributed by atoms with E-state index in [1.807, 2.05) is 18.2 Å². The van der Waals surface area contributed by atoms with Gasteiger partial charge >= 0.3 is 0 Å². The van der Waals surface area contributed by atoms with Crippen LogP contribution in [0.25, 0.3) is 111 Å². The van der Waals surface area contributed by atoms with Crippen molar-refractivity contribution >= 4 is 43.6 Å². The van der Waals surface area contributed by atoms with Gasteiger partial charge in [-0.15, -0.1) is 0 Å². The Morgan fingerprint density at radius 3 is 1.11 bits per heavy atom. The first kappa shape index (κ1) is 35.6. The molecule has 0 saturated carbocycles. The lowest BCUT2D eigenvalue weighted by Gasteiger charge is -2.12. The second kappa shape index (κ2) is 14.7. The van der Waals surface area contributed by atoms with Gasteiger partial charge in [0.1, 0.15) is 0 Å². The standard InChI is InChI=1S/C58H38N4/c1-4-14-39(15-5-1)40-24-26-41(27-25-40)42-28-30-43(31-29-42)52-37-53(60-58(59-52)45-16-6-2-7-17-45)44-32-34-47(35-33-44)62-55-23-13-11-21-49(55)51-36-50-48-20-10-12-22-54(48)61(56(50)38-57(51)62)46-18-8-3-9-19-46/h1-38H. The first-order chi connectivity index (χ1) is 30.7. The molecule has 0 N–H and O–H groups in total. The van der Waals surface area contributed by atoms with E-state index in [4.69, 9.17) is 9.97 Å². The molecule has 0 atom stereocenters. The molecule has 3 aromatic heterocycles. The van der Waals surface area contributed by atoms with Crippen molar-refractivity contribution in [2.45, 2.75) is 0 Å². The summed E-state index contributed by atoms with van der Waals surface area (Å²) >= 11 is 0. The van der Waals surface area contributed by atoms with E-state index in [0.29, 0.717) is 5.82 Å². The maximum atomic E-state index is 5.16. The van der Waals surface area contributed by atoms with Crippen LogP contribution in [0.4, 0.5) is 0 Å². The van der Waals surface area contributed by atoms with Gasteiger partial charge in [-0.2, -0.15) is 0 Å². The molecule has 3 heterocycles. The van der Waals surface area contributed by atoms with Crippen molar-refractivity contribution in [3.63, 3.8) is 0 Å². The van der Waals surface area contributed by atoms with Crippen molar-refractivity contribution < 1.29 is 0 Å². The monoisotopic (exact) mass is 790 g/mol. The molecule has 9 aromatic carbocycles. The fourth-order valence-corrected chi connectivity index (χ4v) is 9.12. The maximum absolute atomic E-state index is 5.16. The van der Waals surface area contributed by atoms with Crippen molar-refractivity contribution in [2.24, 2.45) is 0 Å². The zero-order valence-corrected chi connectivity index (χ0v) is 33.7. The molecule has 0 radical (unpaired) electrons. The quantitative estimate of drug-likeness (QED) is 0.161. The Morgan fingerprint density at radius 1 is 0.242 bits per heavy atom. The van der Waals surface area contributed by atoms with Crippen LogP contribution in [0.1, 0.15) is 0 Å². The highest BCUT2D eigenvalue weighted by atomic mass is 15.0. The molecule has 0 aliphatic rings. The molecule has 0 aliphatic carbocycles. The van der Waals surface area contributed by atoms with Gasteiger partial charge in [0, 0.05) is 49.6 Å². The van der Waals surface area contributed by atoms with Crippen molar-refractivity contribution in [1.29, 1.82) is 0 Å². The van der Waals surface area contributed by atoms with E-state index < -0.39 is 0 Å². The molecule has 290 valence electrons. The Morgan fingerprint density at radius 2 is 0.613 bits per heavy atom. The van der Waals surface area contributed by atoms with Crippen LogP contribution in [0.2, 0.25) is 0 Å². The molecule has 12 aromatic rings. The molecule has 12 rings (SSSR count). The van der Waals surface area contributed by atoms with Crippen molar-refractivity contribution in [3.05, 3.63) is 231 Å². The third kappa shape index (κ3) is 6.08. The maximum Gasteiger partial charge on any atom is 0.160 e. The van der Waals surface area contributed by atoms with E-state index in [2.05, 4.69) is 221 Å². The number of aromatic nitrogens is 4. The van der Waals surface area contributed by atoms with Crippen LogP contribution in [0.5, 0.6) is 0 Å². The average molecular weight is 791 g/mol. The molecular weight excluding hydrogens is 753 g/mol. The summed E-state index contributed by atoms with van der Waals surface area (Å²) < 4.78 is 4.79. The lowest BCUT2D eigenvalue weighted by atomic mass is 9.99. The molecule has 0 saturated heterocycles. The molecule has 62 heavy (non-hydrogen) atoms. The molecule has 4 heteroatoms. The van der Waals surface area contributed by atoms with E-state index in [-0.39, 0.29) is 0 Å². The van der Waals surface area contributed by atoms with Gasteiger partial charge in [0.05, 0.1) is 33.5 Å². The Labute approximate surface area is 359 Å². The first-order valence-corrected chi connectivity index (χ1v) is 21.1. The van der Waals surface area contributed by atoms with E-state index in [1.165, 1.54) is 54.8 Å². The zero-order valence-electron chi connectivity index (χ0n) is 33.7. The lowest BCUT2D eigenvalue weighted by molar-refractivity contribution is 1.16. The third-order valence-electron chi connectivity index (χ3n) is 12.2. The molecule has 0 aliphatic heterocycles. The highest BCUT2D eigenvalue weighted by molar-refractivity contribution is 6.19. The fraction of sp³-hybridized carbons (Fsp3) is 0. The molecule has 0 spiro atoms. The topological polar surface area (TPSA) is 35.6 Å². The molecule has 0 unspecified atom stereocenters. The van der Waals surface area contributed by atoms with Crippen LogP contribution in [0, 0.1) is 0 Å². The van der Waals surface area contributed by atoms with E-state index >= 15 is 0 Å². The Bertz CT molecular complexity index is 3570. The summed E-state index contributed by atoms with van der Waals surface area (Å²) in [6.45, 7) is 0. The van der Waals surface area contributed by atoms with Gasteiger partial charge in [0.2, 0.25) is 0 Å². The van der Waals surface area contributed by atoms with E-state index in [1.54, 1.807) is 0 Å². The van der Waals surface area contributed by atoms with Crippen LogP contribution in [0.3, 0.4) is 0 Å². The van der Waals surface area contributed by atoms with Crippen LogP contribution in [-0.2, 0) is 0 Å². The Hall–Kier alpha value is -8.34. The van der Waals surface area contributed by atoms with Gasteiger partial charge in [-0.05, 0) is 76.9 Å². The van der Waals surface area contributed by atoms with E-state index in [9.17, 15) is 0 Å². The highest BCUT2D eigenvalue weighted by Crippen LogP contribution is 2.40. The molecule has 4 nitrogen and oxygen atoms in total. The summed E-state index contributed by atoms with van der Waals surface area (Å²) in [5.41, 5.74) is 16.5. The largest absolute Gasteiger partial charge is 0.309 e. The number of hydrogen-bond donors (Lipinski definition) is 0. The molecule has 0 amide bonds. The summed E-state index contributed by atoms with van der Waals surface area (Å²) in [7, 11) is 0. The SMILES string of the molecule is c1ccc(-c2ccc(-c3ccc(-c4cc(-c5ccc(-n6c7ccccc7c7cc8c9ccccc9n(-c9ccccc9)c8cc76)cc5)nc(-c5ccccc5)n4)cc3)cc2)cc1. The minimum atomic E-state index is 0.697. The van der Waals surface area contributed by atoms with Crippen LogP contribution < -0.4 is 0 Å². The first-order valence-electron chi connectivity index (χ1n) is 21.1. The minimum Gasteiger partial charge on any atom is -0.309 e. The van der Waals surface area contributed by atoms with Crippen molar-refractivity contribution in [2.75, 3.05) is 0 Å². The second-order valence-corrected chi connectivity index (χ2v) is 15.8. The molecule has 0 bridgehead atoms. The van der Waals surface area contributed by atoms with Crippen LogP contribution in [0.15, 0.2) is 231 Å². The number of nitrogens with zero attached hydrogens (tertiary/aromatic N) is 4. The van der Waals surface area contributed by atoms with Crippen molar-refractivity contribution in [3.8, 4) is 67.5 Å². The van der Waals surface area contributed by atoms with Gasteiger partial charge < -0.3 is 9.13 Å². The lowest BCUT2D eigenvalue weighted by Crippen LogP contribution is -1.97. The average Bonchev–Trinajstić information content (AvgIpc) is 3.86. The smallest absolute Gasteiger partial charge is 0.160 e. The number of benzene rings is 9. The van der Waals surface area contributed by atoms with Gasteiger partial charge in [0.15, 0.2) is 5.82 Å². The summed E-state index contributed by atoms with van der Waals surface area (Å²) in [5, 5.41) is 4.96. The van der Waals surface area contributed by atoms with Crippen LogP contribution in [-0.4, -0.2) is 19.1 Å². The highest BCUT2D eigenvalue weighted by Gasteiger charge is 2.19. The van der Waals surface area contributed by atoms with Gasteiger partial charge in [0.25, 0.3) is 0 Å². The number of rotatable bonds is 7.